The number of fused-ring (bicyclic) bond motifs is 4. The lowest BCUT2D eigenvalue weighted by molar-refractivity contribution is -0.141. The van der Waals surface area contributed by atoms with Gasteiger partial charge in [0.15, 0.2) is 5.82 Å². The van der Waals surface area contributed by atoms with Crippen molar-refractivity contribution in [1.29, 1.82) is 0 Å². The predicted molar refractivity (Wildman–Crippen MR) is 333 cm³/mol. The van der Waals surface area contributed by atoms with Crippen molar-refractivity contribution in [2.75, 3.05) is 74.4 Å². The number of hydrogen-bond donors (Lipinski definition) is 4. The number of rotatable bonds is 14. The van der Waals surface area contributed by atoms with E-state index in [1.165, 1.54) is 37.5 Å². The minimum atomic E-state index is -1.12. The number of amides is 9. The Hall–Kier alpha value is -8.60. The molecule has 1 saturated carbocycles. The third-order valence-corrected chi connectivity index (χ3v) is 20.3. The quantitative estimate of drug-likeness (QED) is 0.0832. The molecule has 9 amide bonds. The van der Waals surface area contributed by atoms with E-state index in [1.54, 1.807) is 35.2 Å². The van der Waals surface area contributed by atoms with Gasteiger partial charge in [-0.15, -0.1) is 0 Å². The maximum Gasteiger partial charge on any atom is 0.264 e. The fourth-order valence-electron chi connectivity index (χ4n) is 15.2. The van der Waals surface area contributed by atoms with Gasteiger partial charge in [0.1, 0.15) is 17.4 Å². The van der Waals surface area contributed by atoms with Gasteiger partial charge >= 0.3 is 0 Å². The highest BCUT2D eigenvalue weighted by atomic mass is 19.1. The molecule has 7 aliphatic heterocycles. The Morgan fingerprint density at radius 2 is 1.48 bits per heavy atom. The summed E-state index contributed by atoms with van der Waals surface area (Å²) >= 11 is 0. The largest absolute Gasteiger partial charge is 0.375 e. The molecule has 6 fully saturated rings. The molecule has 5 aromatic rings. The molecule has 90 heavy (non-hydrogen) atoms. The fourth-order valence-corrected chi connectivity index (χ4v) is 15.2. The van der Waals surface area contributed by atoms with Crippen LogP contribution < -0.4 is 26.2 Å². The molecular weight excluding hydrogens is 1150 g/mol. The molecule has 13 rings (SSSR count). The molecule has 9 heterocycles. The number of imidazole rings is 1. The Morgan fingerprint density at radius 3 is 2.20 bits per heavy atom. The van der Waals surface area contributed by atoms with Crippen LogP contribution in [0, 0.1) is 24.6 Å². The van der Waals surface area contributed by atoms with Gasteiger partial charge in [0.05, 0.1) is 52.2 Å². The average molecular weight is 1230 g/mol. The molecule has 8 aliphatic rings. The number of piperidine rings is 4. The van der Waals surface area contributed by atoms with E-state index in [2.05, 4.69) is 43.2 Å². The van der Waals surface area contributed by atoms with E-state index in [-0.39, 0.29) is 101 Å². The van der Waals surface area contributed by atoms with Crippen LogP contribution in [0.2, 0.25) is 0 Å². The number of anilines is 4. The monoisotopic (exact) mass is 1230 g/mol. The first kappa shape index (κ1) is 60.3. The van der Waals surface area contributed by atoms with E-state index < -0.39 is 40.9 Å². The summed E-state index contributed by atoms with van der Waals surface area (Å²) in [6.45, 7) is 13.7. The zero-order valence-corrected chi connectivity index (χ0v) is 51.7. The van der Waals surface area contributed by atoms with Gasteiger partial charge in [-0.3, -0.25) is 53.4 Å². The number of imide groups is 2. The third-order valence-electron chi connectivity index (χ3n) is 20.3. The third kappa shape index (κ3) is 10.8. The molecule has 1 spiro atoms. The van der Waals surface area contributed by atoms with E-state index in [1.807, 2.05) is 49.3 Å². The summed E-state index contributed by atoms with van der Waals surface area (Å²) in [7, 11) is 0. The highest BCUT2D eigenvalue weighted by Crippen LogP contribution is 2.53. The second-order valence-electron chi connectivity index (χ2n) is 26.5. The summed E-state index contributed by atoms with van der Waals surface area (Å²) in [5, 5.41) is 11.4. The zero-order valence-electron chi connectivity index (χ0n) is 51.7. The predicted octanol–water partition coefficient (Wildman–Crippen LogP) is 6.83. The summed E-state index contributed by atoms with van der Waals surface area (Å²) in [5.74, 6) is -3.90. The smallest absolute Gasteiger partial charge is 0.264 e. The van der Waals surface area contributed by atoms with Gasteiger partial charge in [-0.25, -0.2) is 14.4 Å². The number of aryl methyl sites for hydroxylation is 1. The molecule has 5 saturated heterocycles. The molecule has 2 unspecified atom stereocenters. The molecule has 3 aromatic carbocycles. The first-order valence-electron chi connectivity index (χ1n) is 32.2. The zero-order chi connectivity index (χ0) is 63.0. The van der Waals surface area contributed by atoms with Crippen LogP contribution in [-0.2, 0) is 34.2 Å². The number of benzene rings is 3. The highest BCUT2D eigenvalue weighted by molar-refractivity contribution is 6.25. The van der Waals surface area contributed by atoms with Crippen molar-refractivity contribution in [2.45, 2.75) is 147 Å². The molecule has 0 bridgehead atoms. The first-order valence-corrected chi connectivity index (χ1v) is 32.2. The Bertz CT molecular complexity index is 3800. The van der Waals surface area contributed by atoms with Gasteiger partial charge < -0.3 is 45.0 Å². The Balaban J connectivity index is 0.669. The van der Waals surface area contributed by atoms with Gasteiger partial charge in [-0.1, -0.05) is 24.6 Å². The van der Waals surface area contributed by atoms with E-state index in [9.17, 15) is 38.4 Å². The van der Waals surface area contributed by atoms with E-state index in [0.717, 1.165) is 47.6 Å². The van der Waals surface area contributed by atoms with Crippen molar-refractivity contribution < 1.29 is 47.5 Å². The maximum absolute atomic E-state index is 16.0. The van der Waals surface area contributed by atoms with Crippen molar-refractivity contribution in [2.24, 2.45) is 11.8 Å². The van der Waals surface area contributed by atoms with Gasteiger partial charge in [-0.05, 0) is 159 Å². The van der Waals surface area contributed by atoms with E-state index in [0.29, 0.717) is 111 Å². The van der Waals surface area contributed by atoms with Crippen molar-refractivity contribution in [3.8, 4) is 11.3 Å². The number of hydrogen-bond acceptors (Lipinski definition) is 14. The lowest BCUT2D eigenvalue weighted by atomic mass is 9.73. The fraction of sp³-hybridized carbons (Fsp3) is 0.507. The van der Waals surface area contributed by atoms with Crippen molar-refractivity contribution in [1.82, 2.24) is 49.7 Å². The van der Waals surface area contributed by atoms with Crippen LogP contribution in [0.25, 0.3) is 22.3 Å². The first-order chi connectivity index (χ1) is 43.3. The topological polar surface area (TPSA) is 252 Å². The summed E-state index contributed by atoms with van der Waals surface area (Å²) < 4.78 is 18.0. The molecule has 2 aromatic heterocycles. The standard InChI is InChI=1S/C67H78FN13O9/c1-37(2)71-60(84)46-32-51(48(68)28-39(46)5)73-59-58-52(70-36-79(58)38(3)4)33-50(72-59)41-12-13-47-54(29-41)80(44-30-43(31-44)75-21-7-6-8-22-75)66(90)67(47)19-26-77(27-20-67)63(87)42-18-25-78(35-42)62(86)40-16-23-76(24-17-40)56(83)34-69-49-11-9-10-45-57(49)65(89)81(64(45)88)53-14-15-55(82)74-61(53)85/h9-13,28-29,32-33,36-38,40,42-44,53,69H,6-8,14-27,30-31,34-35H2,1-5H3,(H,71,84)(H,72,73)(H,74,82,85). The van der Waals surface area contributed by atoms with Gasteiger partial charge in [0.25, 0.3) is 17.7 Å². The van der Waals surface area contributed by atoms with Gasteiger partial charge in [-0.2, -0.15) is 0 Å². The number of nitrogens with zero attached hydrogens (tertiary/aromatic N) is 9. The molecular formula is C67H78FN13O9. The minimum Gasteiger partial charge on any atom is -0.375 e. The number of halogens is 1. The van der Waals surface area contributed by atoms with Gasteiger partial charge in [0, 0.05) is 98.3 Å². The summed E-state index contributed by atoms with van der Waals surface area (Å²) in [6.07, 6.45) is 9.42. The molecule has 472 valence electrons. The van der Waals surface area contributed by atoms with Crippen LogP contribution in [0.3, 0.4) is 0 Å². The molecule has 2 atom stereocenters. The van der Waals surface area contributed by atoms with Crippen LogP contribution >= 0.6 is 0 Å². The number of carbonyl (C=O) groups is 9. The SMILES string of the molecule is Cc1cc(F)c(Nc2nc(-c3ccc4c(c3)N(C3CC(N5CCCCC5)C3)C(=O)C43CCN(C(=O)C4CCN(C(=O)C5CCN(C(=O)CNc6cccc7c6C(=O)N(C6CCC(=O)NC6=O)C7=O)CC5)C4)CC3)cc3ncn(C(C)C)c23)cc1C(=O)NC(C)C. The highest BCUT2D eigenvalue weighted by Gasteiger charge is 2.56. The molecule has 23 heteroatoms. The Morgan fingerprint density at radius 1 is 0.756 bits per heavy atom. The summed E-state index contributed by atoms with van der Waals surface area (Å²) in [6, 6.07) is 14.8. The molecule has 4 N–H and O–H groups in total. The number of pyridine rings is 1. The maximum atomic E-state index is 16.0. The molecule has 1 aliphatic carbocycles. The van der Waals surface area contributed by atoms with Crippen LogP contribution in [0.15, 0.2) is 60.9 Å². The molecule has 0 radical (unpaired) electrons. The second kappa shape index (κ2) is 24.0. The van der Waals surface area contributed by atoms with E-state index >= 15 is 9.18 Å². The Labute approximate surface area is 521 Å². The number of carbonyl (C=O) groups excluding carboxylic acids is 9. The average Bonchev–Trinajstić information content (AvgIpc) is 1.56. The lowest BCUT2D eigenvalue weighted by Gasteiger charge is -2.48. The van der Waals surface area contributed by atoms with Crippen LogP contribution in [0.4, 0.5) is 27.3 Å². The van der Waals surface area contributed by atoms with Crippen molar-refractivity contribution >= 4 is 87.1 Å². The normalized spacial score (nSPS) is 22.8. The minimum absolute atomic E-state index is 0.00283. The Kier molecular flexibility index (Phi) is 16.1. The second-order valence-corrected chi connectivity index (χ2v) is 26.5. The number of nitrogens with one attached hydrogen (secondary N) is 4. The number of aromatic nitrogens is 3. The summed E-state index contributed by atoms with van der Waals surface area (Å²) in [4.78, 5) is 143. The number of likely N-dealkylation sites (tertiary alicyclic amines) is 4. The van der Waals surface area contributed by atoms with Crippen molar-refractivity contribution in [3.63, 3.8) is 0 Å². The van der Waals surface area contributed by atoms with Crippen LogP contribution in [0.1, 0.15) is 153 Å². The van der Waals surface area contributed by atoms with Crippen molar-refractivity contribution in [3.05, 3.63) is 94.6 Å². The molecule has 22 nitrogen and oxygen atoms in total. The summed E-state index contributed by atoms with van der Waals surface area (Å²) in [5.41, 5.74) is 4.97. The van der Waals surface area contributed by atoms with Crippen LogP contribution in [0.5, 0.6) is 0 Å². The lowest BCUT2D eigenvalue weighted by Crippen LogP contribution is -2.58. The van der Waals surface area contributed by atoms with Gasteiger partial charge in [0.2, 0.25) is 35.4 Å². The van der Waals surface area contributed by atoms with E-state index in [4.69, 9.17) is 9.97 Å². The van der Waals surface area contributed by atoms with Crippen LogP contribution in [-0.4, -0.2) is 175 Å².